The van der Waals surface area contributed by atoms with Crippen LogP contribution in [0.3, 0.4) is 0 Å². The van der Waals surface area contributed by atoms with Crippen molar-refractivity contribution in [2.24, 2.45) is 0 Å². The zero-order valence-corrected chi connectivity index (χ0v) is 8.39. The van der Waals surface area contributed by atoms with Gasteiger partial charge in [-0.25, -0.2) is 4.39 Å². The monoisotopic (exact) mass is 181 g/mol. The molecule has 0 aliphatic rings. The zero-order valence-electron chi connectivity index (χ0n) is 8.39. The molecule has 2 heteroatoms. The minimum Gasteiger partial charge on any atom is -0.382 e. The van der Waals surface area contributed by atoms with Crippen LogP contribution in [0.25, 0.3) is 0 Å². The number of halogens is 1. The molecule has 0 saturated heterocycles. The summed E-state index contributed by atoms with van der Waals surface area (Å²) in [4.78, 5) is 0. The van der Waals surface area contributed by atoms with Gasteiger partial charge in [-0.15, -0.1) is 0 Å². The SMILES string of the molecule is CC[C@@H](C)Nc1ccc(F)cc1C. The van der Waals surface area contributed by atoms with E-state index in [1.165, 1.54) is 6.07 Å². The first-order valence-electron chi connectivity index (χ1n) is 4.66. The lowest BCUT2D eigenvalue weighted by Crippen LogP contribution is -2.14. The largest absolute Gasteiger partial charge is 0.382 e. The van der Waals surface area contributed by atoms with Gasteiger partial charge in [0.15, 0.2) is 0 Å². The Hall–Kier alpha value is -1.05. The highest BCUT2D eigenvalue weighted by molar-refractivity contribution is 5.51. The van der Waals surface area contributed by atoms with Crippen molar-refractivity contribution in [2.75, 3.05) is 5.32 Å². The molecule has 1 N–H and O–H groups in total. The van der Waals surface area contributed by atoms with Gasteiger partial charge in [0.1, 0.15) is 5.82 Å². The van der Waals surface area contributed by atoms with E-state index in [1.54, 1.807) is 12.1 Å². The fourth-order valence-corrected chi connectivity index (χ4v) is 1.16. The third-order valence-electron chi connectivity index (χ3n) is 2.20. The number of nitrogens with one attached hydrogen (secondary N) is 1. The molecule has 0 radical (unpaired) electrons. The Bertz CT molecular complexity index is 283. The maximum atomic E-state index is 12.7. The summed E-state index contributed by atoms with van der Waals surface area (Å²) in [6.45, 7) is 6.15. The Morgan fingerprint density at radius 2 is 2.15 bits per heavy atom. The molecular formula is C11H16FN. The molecule has 0 aliphatic heterocycles. The van der Waals surface area contributed by atoms with Crippen LogP contribution in [0.1, 0.15) is 25.8 Å². The standard InChI is InChI=1S/C11H16FN/c1-4-9(3)13-11-6-5-10(12)7-8(11)2/h5-7,9,13H,4H2,1-3H3/t9-/m1/s1. The number of anilines is 1. The molecule has 1 aromatic rings. The molecule has 0 aromatic heterocycles. The molecule has 1 aromatic carbocycles. The fraction of sp³-hybridized carbons (Fsp3) is 0.455. The van der Waals surface area contributed by atoms with E-state index in [9.17, 15) is 4.39 Å². The Labute approximate surface area is 79.0 Å². The van der Waals surface area contributed by atoms with E-state index < -0.39 is 0 Å². The minimum atomic E-state index is -0.174. The van der Waals surface area contributed by atoms with Crippen molar-refractivity contribution in [3.8, 4) is 0 Å². The van der Waals surface area contributed by atoms with Gasteiger partial charge in [-0.05, 0) is 44.0 Å². The normalized spacial score (nSPS) is 12.6. The third-order valence-corrected chi connectivity index (χ3v) is 2.20. The molecule has 13 heavy (non-hydrogen) atoms. The van der Waals surface area contributed by atoms with E-state index in [0.717, 1.165) is 17.7 Å². The van der Waals surface area contributed by atoms with Crippen molar-refractivity contribution in [1.29, 1.82) is 0 Å². The van der Waals surface area contributed by atoms with E-state index in [2.05, 4.69) is 19.2 Å². The number of aryl methyl sites for hydroxylation is 1. The molecule has 0 saturated carbocycles. The van der Waals surface area contributed by atoms with Crippen LogP contribution in [0, 0.1) is 12.7 Å². The molecular weight excluding hydrogens is 165 g/mol. The summed E-state index contributed by atoms with van der Waals surface area (Å²) in [6.07, 6.45) is 1.07. The van der Waals surface area contributed by atoms with Crippen LogP contribution in [0.15, 0.2) is 18.2 Å². The molecule has 1 atom stereocenters. The molecule has 0 heterocycles. The van der Waals surface area contributed by atoms with Crippen LogP contribution in [0.5, 0.6) is 0 Å². The summed E-state index contributed by atoms with van der Waals surface area (Å²) in [7, 11) is 0. The smallest absolute Gasteiger partial charge is 0.123 e. The molecule has 0 spiro atoms. The van der Waals surface area contributed by atoms with Crippen LogP contribution in [-0.4, -0.2) is 6.04 Å². The van der Waals surface area contributed by atoms with Gasteiger partial charge in [-0.2, -0.15) is 0 Å². The molecule has 72 valence electrons. The molecule has 0 fully saturated rings. The van der Waals surface area contributed by atoms with Gasteiger partial charge in [-0.1, -0.05) is 6.92 Å². The highest BCUT2D eigenvalue weighted by atomic mass is 19.1. The molecule has 1 rings (SSSR count). The van der Waals surface area contributed by atoms with Gasteiger partial charge in [0.05, 0.1) is 0 Å². The molecule has 0 aliphatic carbocycles. The average Bonchev–Trinajstić information content (AvgIpc) is 2.09. The summed E-state index contributed by atoms with van der Waals surface area (Å²) in [5.74, 6) is -0.174. The van der Waals surface area contributed by atoms with Crippen molar-refractivity contribution in [2.45, 2.75) is 33.2 Å². The van der Waals surface area contributed by atoms with Gasteiger partial charge in [0.25, 0.3) is 0 Å². The summed E-state index contributed by atoms with van der Waals surface area (Å²) >= 11 is 0. The fourth-order valence-electron chi connectivity index (χ4n) is 1.16. The summed E-state index contributed by atoms with van der Waals surface area (Å²) in [6, 6.07) is 5.25. The summed E-state index contributed by atoms with van der Waals surface area (Å²) < 4.78 is 12.7. The van der Waals surface area contributed by atoms with Crippen molar-refractivity contribution in [3.05, 3.63) is 29.6 Å². The average molecular weight is 181 g/mol. The molecule has 0 unspecified atom stereocenters. The third kappa shape index (κ3) is 2.72. The zero-order chi connectivity index (χ0) is 9.84. The Morgan fingerprint density at radius 3 is 2.69 bits per heavy atom. The van der Waals surface area contributed by atoms with Gasteiger partial charge in [0, 0.05) is 11.7 Å². The van der Waals surface area contributed by atoms with Crippen molar-refractivity contribution < 1.29 is 4.39 Å². The first kappa shape index (κ1) is 10.0. The predicted molar refractivity (Wildman–Crippen MR) is 54.5 cm³/mol. The Balaban J connectivity index is 2.77. The van der Waals surface area contributed by atoms with Gasteiger partial charge in [0.2, 0.25) is 0 Å². The highest BCUT2D eigenvalue weighted by Crippen LogP contribution is 2.16. The second-order valence-electron chi connectivity index (χ2n) is 3.41. The summed E-state index contributed by atoms with van der Waals surface area (Å²) in [5.41, 5.74) is 1.98. The second kappa shape index (κ2) is 4.26. The highest BCUT2D eigenvalue weighted by Gasteiger charge is 2.02. The maximum Gasteiger partial charge on any atom is 0.123 e. The Morgan fingerprint density at radius 1 is 1.46 bits per heavy atom. The van der Waals surface area contributed by atoms with E-state index in [4.69, 9.17) is 0 Å². The van der Waals surface area contributed by atoms with Crippen LogP contribution in [0.2, 0.25) is 0 Å². The quantitative estimate of drug-likeness (QED) is 0.754. The van der Waals surface area contributed by atoms with E-state index in [0.29, 0.717) is 6.04 Å². The maximum absolute atomic E-state index is 12.7. The van der Waals surface area contributed by atoms with E-state index in [-0.39, 0.29) is 5.82 Å². The van der Waals surface area contributed by atoms with Crippen LogP contribution in [0.4, 0.5) is 10.1 Å². The number of rotatable bonds is 3. The number of benzene rings is 1. The van der Waals surface area contributed by atoms with E-state index >= 15 is 0 Å². The van der Waals surface area contributed by atoms with Crippen molar-refractivity contribution in [1.82, 2.24) is 0 Å². The number of hydrogen-bond acceptors (Lipinski definition) is 1. The first-order valence-corrected chi connectivity index (χ1v) is 4.66. The lowest BCUT2D eigenvalue weighted by atomic mass is 10.1. The van der Waals surface area contributed by atoms with Gasteiger partial charge < -0.3 is 5.32 Å². The van der Waals surface area contributed by atoms with E-state index in [1.807, 2.05) is 6.92 Å². The lowest BCUT2D eigenvalue weighted by molar-refractivity contribution is 0.626. The lowest BCUT2D eigenvalue weighted by Gasteiger charge is -2.14. The topological polar surface area (TPSA) is 12.0 Å². The van der Waals surface area contributed by atoms with Crippen LogP contribution in [-0.2, 0) is 0 Å². The second-order valence-corrected chi connectivity index (χ2v) is 3.41. The predicted octanol–water partition coefficient (Wildman–Crippen LogP) is 3.34. The molecule has 0 amide bonds. The van der Waals surface area contributed by atoms with Gasteiger partial charge in [-0.3, -0.25) is 0 Å². The van der Waals surface area contributed by atoms with Crippen LogP contribution < -0.4 is 5.32 Å². The summed E-state index contributed by atoms with van der Waals surface area (Å²) in [5, 5.41) is 3.32. The molecule has 1 nitrogen and oxygen atoms in total. The van der Waals surface area contributed by atoms with Crippen molar-refractivity contribution >= 4 is 5.69 Å². The van der Waals surface area contributed by atoms with Gasteiger partial charge >= 0.3 is 0 Å². The molecule has 0 bridgehead atoms. The van der Waals surface area contributed by atoms with Crippen LogP contribution >= 0.6 is 0 Å². The minimum absolute atomic E-state index is 0.174. The number of hydrogen-bond donors (Lipinski definition) is 1. The van der Waals surface area contributed by atoms with Crippen molar-refractivity contribution in [3.63, 3.8) is 0 Å². The Kier molecular flexibility index (Phi) is 3.29. The first-order chi connectivity index (χ1) is 6.13.